The van der Waals surface area contributed by atoms with Crippen LogP contribution in [0.1, 0.15) is 40.0 Å². The molecule has 0 bridgehead atoms. The fourth-order valence-corrected chi connectivity index (χ4v) is 1.58. The maximum atomic E-state index is 12.0. The van der Waals surface area contributed by atoms with Gasteiger partial charge in [-0.25, -0.2) is 9.59 Å². The largest absolute Gasteiger partial charge is 0.480 e. The minimum absolute atomic E-state index is 0.272. The van der Waals surface area contributed by atoms with Crippen LogP contribution in [0, 0.1) is 5.92 Å². The van der Waals surface area contributed by atoms with Gasteiger partial charge in [0.15, 0.2) is 0 Å². The minimum Gasteiger partial charge on any atom is -0.480 e. The number of hydrogen-bond acceptors (Lipinski definition) is 2. The third-order valence-corrected chi connectivity index (χ3v) is 3.41. The van der Waals surface area contributed by atoms with Crippen LogP contribution >= 0.6 is 0 Å². The highest BCUT2D eigenvalue weighted by Crippen LogP contribution is 2.29. The first-order valence-electron chi connectivity index (χ1n) is 6.23. The Hall–Kier alpha value is -1.26. The number of nitrogens with one attached hydrogen (secondary N) is 1. The standard InChI is InChI=1S/C12H22N2O3/c1-4-12(3,10(15)16)13-11(17)14(5-2)8-9-6-7-9/h9H,4-8H2,1-3H3,(H,13,17)(H,15,16). The van der Waals surface area contributed by atoms with E-state index in [9.17, 15) is 9.59 Å². The van der Waals surface area contributed by atoms with Crippen LogP contribution in [0.5, 0.6) is 0 Å². The Bertz CT molecular complexity index is 302. The van der Waals surface area contributed by atoms with Crippen molar-refractivity contribution in [3.8, 4) is 0 Å². The average molecular weight is 242 g/mol. The monoisotopic (exact) mass is 242 g/mol. The normalized spacial score (nSPS) is 18.3. The molecular weight excluding hydrogens is 220 g/mol. The molecule has 1 saturated carbocycles. The number of nitrogens with zero attached hydrogens (tertiary/aromatic N) is 1. The molecule has 0 aromatic rings. The van der Waals surface area contributed by atoms with E-state index in [1.807, 2.05) is 6.92 Å². The second-order valence-electron chi connectivity index (χ2n) is 4.90. The molecule has 98 valence electrons. The minimum atomic E-state index is -1.17. The number of urea groups is 1. The van der Waals surface area contributed by atoms with E-state index in [2.05, 4.69) is 5.32 Å². The fourth-order valence-electron chi connectivity index (χ4n) is 1.58. The maximum absolute atomic E-state index is 12.0. The number of amides is 2. The summed E-state index contributed by atoms with van der Waals surface area (Å²) in [6.07, 6.45) is 2.72. The first-order valence-corrected chi connectivity index (χ1v) is 6.23. The van der Waals surface area contributed by atoms with Crippen LogP contribution in [0.3, 0.4) is 0 Å². The smallest absolute Gasteiger partial charge is 0.329 e. The molecule has 17 heavy (non-hydrogen) atoms. The summed E-state index contributed by atoms with van der Waals surface area (Å²) in [6.45, 7) is 6.55. The van der Waals surface area contributed by atoms with Crippen molar-refractivity contribution in [3.05, 3.63) is 0 Å². The summed E-state index contributed by atoms with van der Waals surface area (Å²) in [5, 5.41) is 11.7. The van der Waals surface area contributed by atoms with Gasteiger partial charge in [-0.05, 0) is 39.0 Å². The molecule has 0 radical (unpaired) electrons. The molecule has 5 nitrogen and oxygen atoms in total. The molecule has 0 aliphatic heterocycles. The lowest BCUT2D eigenvalue weighted by molar-refractivity contribution is -0.143. The average Bonchev–Trinajstić information content (AvgIpc) is 3.08. The zero-order valence-electron chi connectivity index (χ0n) is 10.8. The molecule has 5 heteroatoms. The SMILES string of the molecule is CCN(CC1CC1)C(=O)NC(C)(CC)C(=O)O. The number of carbonyl (C=O) groups excluding carboxylic acids is 1. The van der Waals surface area contributed by atoms with Gasteiger partial charge in [0.1, 0.15) is 5.54 Å². The predicted molar refractivity (Wildman–Crippen MR) is 64.8 cm³/mol. The summed E-state index contributed by atoms with van der Waals surface area (Å²) in [4.78, 5) is 24.8. The van der Waals surface area contributed by atoms with Gasteiger partial charge in [0.05, 0.1) is 0 Å². The van der Waals surface area contributed by atoms with E-state index < -0.39 is 11.5 Å². The molecule has 1 fully saturated rings. The van der Waals surface area contributed by atoms with Crippen LogP contribution in [-0.4, -0.2) is 40.6 Å². The molecule has 0 aromatic heterocycles. The summed E-state index contributed by atoms with van der Waals surface area (Å²) in [7, 11) is 0. The molecule has 1 unspecified atom stereocenters. The Labute approximate surface area is 102 Å². The molecule has 2 amide bonds. The van der Waals surface area contributed by atoms with Gasteiger partial charge < -0.3 is 15.3 Å². The van der Waals surface area contributed by atoms with E-state index in [0.29, 0.717) is 18.9 Å². The van der Waals surface area contributed by atoms with Gasteiger partial charge in [0.2, 0.25) is 0 Å². The third-order valence-electron chi connectivity index (χ3n) is 3.41. The lowest BCUT2D eigenvalue weighted by atomic mass is 10.00. The van der Waals surface area contributed by atoms with Crippen molar-refractivity contribution in [2.24, 2.45) is 5.92 Å². The van der Waals surface area contributed by atoms with Crippen LogP contribution in [0.25, 0.3) is 0 Å². The number of rotatable bonds is 6. The van der Waals surface area contributed by atoms with Gasteiger partial charge in [-0.2, -0.15) is 0 Å². The maximum Gasteiger partial charge on any atom is 0.329 e. The van der Waals surface area contributed by atoms with Gasteiger partial charge in [0.25, 0.3) is 0 Å². The van der Waals surface area contributed by atoms with E-state index in [1.165, 1.54) is 19.8 Å². The Morgan fingerprint density at radius 3 is 2.35 bits per heavy atom. The fraction of sp³-hybridized carbons (Fsp3) is 0.833. The van der Waals surface area contributed by atoms with Crippen molar-refractivity contribution >= 4 is 12.0 Å². The second kappa shape index (κ2) is 5.38. The van der Waals surface area contributed by atoms with Crippen molar-refractivity contribution in [1.82, 2.24) is 10.2 Å². The van der Waals surface area contributed by atoms with Gasteiger partial charge in [0, 0.05) is 13.1 Å². The summed E-state index contributed by atoms with van der Waals surface area (Å²) in [5.74, 6) is -0.380. The highest BCUT2D eigenvalue weighted by molar-refractivity contribution is 5.85. The van der Waals surface area contributed by atoms with Crippen LogP contribution in [0.2, 0.25) is 0 Å². The second-order valence-corrected chi connectivity index (χ2v) is 4.90. The number of aliphatic carboxylic acids is 1. The Kier molecular flexibility index (Phi) is 4.37. The molecule has 0 aromatic carbocycles. The summed E-state index contributed by atoms with van der Waals surface area (Å²) < 4.78 is 0. The van der Waals surface area contributed by atoms with Crippen molar-refractivity contribution in [3.63, 3.8) is 0 Å². The lowest BCUT2D eigenvalue weighted by Gasteiger charge is -2.29. The lowest BCUT2D eigenvalue weighted by Crippen LogP contribution is -2.56. The van der Waals surface area contributed by atoms with E-state index in [-0.39, 0.29) is 6.03 Å². The molecule has 0 spiro atoms. The molecule has 1 aliphatic carbocycles. The molecule has 0 heterocycles. The molecular formula is C12H22N2O3. The Morgan fingerprint density at radius 2 is 2.00 bits per heavy atom. The zero-order valence-corrected chi connectivity index (χ0v) is 10.8. The third kappa shape index (κ3) is 3.61. The van der Waals surface area contributed by atoms with E-state index >= 15 is 0 Å². The predicted octanol–water partition coefficient (Wildman–Crippen LogP) is 1.68. The van der Waals surface area contributed by atoms with Crippen molar-refractivity contribution in [1.29, 1.82) is 0 Å². The Morgan fingerprint density at radius 1 is 1.41 bits per heavy atom. The van der Waals surface area contributed by atoms with Crippen molar-refractivity contribution in [2.45, 2.75) is 45.6 Å². The first-order chi connectivity index (χ1) is 7.92. The molecule has 1 aliphatic rings. The molecule has 1 atom stereocenters. The summed E-state index contributed by atoms with van der Waals surface area (Å²) >= 11 is 0. The van der Waals surface area contributed by atoms with Crippen LogP contribution in [0.15, 0.2) is 0 Å². The zero-order chi connectivity index (χ0) is 13.1. The van der Waals surface area contributed by atoms with Gasteiger partial charge in [-0.1, -0.05) is 6.92 Å². The summed E-state index contributed by atoms with van der Waals surface area (Å²) in [5.41, 5.74) is -1.17. The Balaban J connectivity index is 2.57. The van der Waals surface area contributed by atoms with Gasteiger partial charge >= 0.3 is 12.0 Å². The van der Waals surface area contributed by atoms with Crippen molar-refractivity contribution < 1.29 is 14.7 Å². The van der Waals surface area contributed by atoms with E-state index in [0.717, 1.165) is 6.54 Å². The molecule has 2 N–H and O–H groups in total. The van der Waals surface area contributed by atoms with E-state index in [1.54, 1.807) is 11.8 Å². The highest BCUT2D eigenvalue weighted by Gasteiger charge is 2.35. The van der Waals surface area contributed by atoms with Crippen molar-refractivity contribution in [2.75, 3.05) is 13.1 Å². The quantitative estimate of drug-likeness (QED) is 0.744. The summed E-state index contributed by atoms with van der Waals surface area (Å²) in [6, 6.07) is -0.272. The van der Waals surface area contributed by atoms with Gasteiger partial charge in [-0.3, -0.25) is 0 Å². The van der Waals surface area contributed by atoms with E-state index in [4.69, 9.17) is 5.11 Å². The number of hydrogen-bond donors (Lipinski definition) is 2. The molecule has 0 saturated heterocycles. The number of carbonyl (C=O) groups is 2. The number of carboxylic acid groups (broad SMARTS) is 1. The molecule has 1 rings (SSSR count). The van der Waals surface area contributed by atoms with Crippen LogP contribution in [0.4, 0.5) is 4.79 Å². The van der Waals surface area contributed by atoms with Gasteiger partial charge in [-0.15, -0.1) is 0 Å². The first kappa shape index (κ1) is 13.8. The van der Waals surface area contributed by atoms with Crippen LogP contribution < -0.4 is 5.32 Å². The highest BCUT2D eigenvalue weighted by atomic mass is 16.4. The topological polar surface area (TPSA) is 69.6 Å². The number of carboxylic acids is 1. The van der Waals surface area contributed by atoms with Crippen LogP contribution in [-0.2, 0) is 4.79 Å².